The lowest BCUT2D eigenvalue weighted by molar-refractivity contribution is -0.122. The van der Waals surface area contributed by atoms with E-state index >= 15 is 0 Å². The SMILES string of the molecule is O=C(CCC1CCCC1)NC(c1ccc(F)cc1)c1nnc(-c2ccccc2)o1. The second-order valence-corrected chi connectivity index (χ2v) is 7.55. The number of rotatable bonds is 7. The van der Waals surface area contributed by atoms with E-state index in [4.69, 9.17) is 4.42 Å². The zero-order valence-electron chi connectivity index (χ0n) is 16.2. The van der Waals surface area contributed by atoms with Gasteiger partial charge in [-0.25, -0.2) is 4.39 Å². The maximum Gasteiger partial charge on any atom is 0.247 e. The molecule has 1 amide bonds. The van der Waals surface area contributed by atoms with E-state index in [-0.39, 0.29) is 17.6 Å². The van der Waals surface area contributed by atoms with Crippen LogP contribution in [0.15, 0.2) is 59.0 Å². The number of halogens is 1. The third-order valence-corrected chi connectivity index (χ3v) is 5.47. The zero-order chi connectivity index (χ0) is 20.1. The van der Waals surface area contributed by atoms with Crippen LogP contribution in [0.2, 0.25) is 0 Å². The van der Waals surface area contributed by atoms with Gasteiger partial charge in [0.05, 0.1) is 0 Å². The fourth-order valence-corrected chi connectivity index (χ4v) is 3.86. The second kappa shape index (κ2) is 8.99. The van der Waals surface area contributed by atoms with E-state index in [9.17, 15) is 9.18 Å². The third kappa shape index (κ3) is 4.88. The molecule has 5 nitrogen and oxygen atoms in total. The molecule has 4 rings (SSSR count). The van der Waals surface area contributed by atoms with E-state index in [1.165, 1.54) is 37.8 Å². The minimum Gasteiger partial charge on any atom is -0.418 e. The fraction of sp³-hybridized carbons (Fsp3) is 0.348. The van der Waals surface area contributed by atoms with E-state index in [0.29, 0.717) is 23.8 Å². The summed E-state index contributed by atoms with van der Waals surface area (Å²) in [5.41, 5.74) is 1.50. The van der Waals surface area contributed by atoms with Crippen molar-refractivity contribution < 1.29 is 13.6 Å². The Morgan fingerprint density at radius 1 is 1.07 bits per heavy atom. The average molecular weight is 393 g/mol. The summed E-state index contributed by atoms with van der Waals surface area (Å²) >= 11 is 0. The lowest BCUT2D eigenvalue weighted by Gasteiger charge is -2.16. The van der Waals surface area contributed by atoms with Gasteiger partial charge in [-0.1, -0.05) is 56.0 Å². The van der Waals surface area contributed by atoms with Crippen LogP contribution in [0.3, 0.4) is 0 Å². The summed E-state index contributed by atoms with van der Waals surface area (Å²) in [7, 11) is 0. The molecule has 3 aromatic rings. The molecular formula is C23H24FN3O2. The molecule has 1 heterocycles. The Morgan fingerprint density at radius 3 is 2.52 bits per heavy atom. The van der Waals surface area contributed by atoms with Crippen LogP contribution < -0.4 is 5.32 Å². The number of hydrogen-bond donors (Lipinski definition) is 1. The number of aromatic nitrogens is 2. The maximum atomic E-state index is 13.4. The number of carbonyl (C=O) groups is 1. The molecule has 0 radical (unpaired) electrons. The maximum absolute atomic E-state index is 13.4. The Kier molecular flexibility index (Phi) is 5.98. The standard InChI is InChI=1S/C23H24FN3O2/c24-19-13-11-17(12-14-19)21(25-20(28)15-10-16-6-4-5-7-16)23-27-26-22(29-23)18-8-2-1-3-9-18/h1-3,8-9,11-14,16,21H,4-7,10,15H2,(H,25,28). The van der Waals surface area contributed by atoms with Gasteiger partial charge in [0.2, 0.25) is 17.7 Å². The predicted molar refractivity (Wildman–Crippen MR) is 107 cm³/mol. The highest BCUT2D eigenvalue weighted by Gasteiger charge is 2.24. The number of amides is 1. The summed E-state index contributed by atoms with van der Waals surface area (Å²) in [6, 6.07) is 14.8. The van der Waals surface area contributed by atoms with Gasteiger partial charge in [-0.05, 0) is 42.2 Å². The van der Waals surface area contributed by atoms with Crippen molar-refractivity contribution in [2.75, 3.05) is 0 Å². The average Bonchev–Trinajstić information content (AvgIpc) is 3.44. The van der Waals surface area contributed by atoms with E-state index in [2.05, 4.69) is 15.5 Å². The van der Waals surface area contributed by atoms with Crippen LogP contribution in [-0.2, 0) is 4.79 Å². The topological polar surface area (TPSA) is 68.0 Å². The predicted octanol–water partition coefficient (Wildman–Crippen LogP) is 5.05. The fourth-order valence-electron chi connectivity index (χ4n) is 3.86. The number of benzene rings is 2. The molecule has 1 fully saturated rings. The lowest BCUT2D eigenvalue weighted by Crippen LogP contribution is -2.29. The van der Waals surface area contributed by atoms with Gasteiger partial charge < -0.3 is 9.73 Å². The van der Waals surface area contributed by atoms with Crippen molar-refractivity contribution in [1.29, 1.82) is 0 Å². The molecule has 1 atom stereocenters. The van der Waals surface area contributed by atoms with Crippen LogP contribution in [-0.4, -0.2) is 16.1 Å². The van der Waals surface area contributed by atoms with Crippen molar-refractivity contribution in [1.82, 2.24) is 15.5 Å². The van der Waals surface area contributed by atoms with Gasteiger partial charge in [0, 0.05) is 12.0 Å². The normalized spacial score (nSPS) is 15.3. The second-order valence-electron chi connectivity index (χ2n) is 7.55. The number of carbonyl (C=O) groups excluding carboxylic acids is 1. The van der Waals surface area contributed by atoms with Crippen molar-refractivity contribution in [3.63, 3.8) is 0 Å². The Morgan fingerprint density at radius 2 is 1.79 bits per heavy atom. The minimum atomic E-state index is -0.614. The molecule has 0 bridgehead atoms. The minimum absolute atomic E-state index is 0.0642. The summed E-state index contributed by atoms with van der Waals surface area (Å²) in [4.78, 5) is 12.6. The highest BCUT2D eigenvalue weighted by molar-refractivity contribution is 5.76. The van der Waals surface area contributed by atoms with Crippen molar-refractivity contribution in [2.24, 2.45) is 5.92 Å². The van der Waals surface area contributed by atoms with Gasteiger partial charge in [-0.15, -0.1) is 10.2 Å². The van der Waals surface area contributed by atoms with Crippen LogP contribution in [0.5, 0.6) is 0 Å². The van der Waals surface area contributed by atoms with Gasteiger partial charge in [0.1, 0.15) is 11.9 Å². The van der Waals surface area contributed by atoms with Crippen LogP contribution in [0, 0.1) is 11.7 Å². The highest BCUT2D eigenvalue weighted by atomic mass is 19.1. The summed E-state index contributed by atoms with van der Waals surface area (Å²) < 4.78 is 19.3. The van der Waals surface area contributed by atoms with E-state index < -0.39 is 6.04 Å². The van der Waals surface area contributed by atoms with Crippen molar-refractivity contribution in [3.8, 4) is 11.5 Å². The summed E-state index contributed by atoms with van der Waals surface area (Å²) in [6.45, 7) is 0. The van der Waals surface area contributed by atoms with Crippen molar-refractivity contribution in [3.05, 3.63) is 71.9 Å². The molecule has 0 saturated heterocycles. The molecule has 1 aliphatic carbocycles. The third-order valence-electron chi connectivity index (χ3n) is 5.47. The molecule has 1 N–H and O–H groups in total. The van der Waals surface area contributed by atoms with Gasteiger partial charge in [0.25, 0.3) is 0 Å². The van der Waals surface area contributed by atoms with Crippen LogP contribution in [0.25, 0.3) is 11.5 Å². The zero-order valence-corrected chi connectivity index (χ0v) is 16.2. The largest absolute Gasteiger partial charge is 0.418 e. The number of nitrogens with zero attached hydrogens (tertiary/aromatic N) is 2. The van der Waals surface area contributed by atoms with Gasteiger partial charge >= 0.3 is 0 Å². The first-order valence-electron chi connectivity index (χ1n) is 10.1. The molecule has 1 saturated carbocycles. The summed E-state index contributed by atoms with van der Waals surface area (Å²) in [5, 5.41) is 11.3. The molecule has 1 aromatic heterocycles. The molecule has 0 spiro atoms. The van der Waals surface area contributed by atoms with E-state index in [1.54, 1.807) is 12.1 Å². The monoisotopic (exact) mass is 393 g/mol. The Labute approximate surface area is 169 Å². The molecule has 2 aromatic carbocycles. The van der Waals surface area contributed by atoms with E-state index in [0.717, 1.165) is 12.0 Å². The Hall–Kier alpha value is -3.02. The van der Waals surface area contributed by atoms with Crippen LogP contribution >= 0.6 is 0 Å². The van der Waals surface area contributed by atoms with Crippen molar-refractivity contribution >= 4 is 5.91 Å². The highest BCUT2D eigenvalue weighted by Crippen LogP contribution is 2.29. The first kappa shape index (κ1) is 19.3. The van der Waals surface area contributed by atoms with E-state index in [1.807, 2.05) is 30.3 Å². The lowest BCUT2D eigenvalue weighted by atomic mass is 10.0. The number of hydrogen-bond acceptors (Lipinski definition) is 4. The quantitative estimate of drug-likeness (QED) is 0.610. The van der Waals surface area contributed by atoms with Crippen molar-refractivity contribution in [2.45, 2.75) is 44.6 Å². The Bertz CT molecular complexity index is 934. The van der Waals surface area contributed by atoms with Crippen LogP contribution in [0.4, 0.5) is 4.39 Å². The smallest absolute Gasteiger partial charge is 0.247 e. The molecular weight excluding hydrogens is 369 g/mol. The molecule has 29 heavy (non-hydrogen) atoms. The first-order valence-corrected chi connectivity index (χ1v) is 10.1. The molecule has 6 heteroatoms. The Balaban J connectivity index is 1.53. The molecule has 1 aliphatic rings. The van der Waals surface area contributed by atoms with Crippen LogP contribution in [0.1, 0.15) is 56.0 Å². The summed E-state index contributed by atoms with van der Waals surface area (Å²) in [6.07, 6.45) is 6.28. The summed E-state index contributed by atoms with van der Waals surface area (Å²) in [5.74, 6) is 0.900. The molecule has 1 unspecified atom stereocenters. The number of nitrogens with one attached hydrogen (secondary N) is 1. The van der Waals surface area contributed by atoms with Gasteiger partial charge in [-0.3, -0.25) is 4.79 Å². The molecule has 0 aliphatic heterocycles. The van der Waals surface area contributed by atoms with Gasteiger partial charge in [-0.2, -0.15) is 0 Å². The van der Waals surface area contributed by atoms with Gasteiger partial charge in [0.15, 0.2) is 0 Å². The first-order chi connectivity index (χ1) is 14.2. The molecule has 150 valence electrons.